The Morgan fingerprint density at radius 3 is 2.43 bits per heavy atom. The maximum Gasteiger partial charge on any atom is 0.277 e. The predicted octanol–water partition coefficient (Wildman–Crippen LogP) is 3.63. The van der Waals surface area contributed by atoms with Gasteiger partial charge in [0.2, 0.25) is 0 Å². The third kappa shape index (κ3) is 6.82. The molecule has 3 heterocycles. The number of nitrogens with one attached hydrogen (secondary N) is 2. The summed E-state index contributed by atoms with van der Waals surface area (Å²) in [4.78, 5) is 49.6. The second-order valence-corrected chi connectivity index (χ2v) is 10.3. The fourth-order valence-corrected chi connectivity index (χ4v) is 4.78. The van der Waals surface area contributed by atoms with Crippen LogP contribution in [0, 0.1) is 0 Å². The Balaban J connectivity index is 1.28. The van der Waals surface area contributed by atoms with Gasteiger partial charge in [-0.15, -0.1) is 0 Å². The number of anilines is 2. The first-order chi connectivity index (χ1) is 20.3. The van der Waals surface area contributed by atoms with Gasteiger partial charge in [0, 0.05) is 55.9 Å². The van der Waals surface area contributed by atoms with Gasteiger partial charge in [-0.1, -0.05) is 29.8 Å². The number of piperidine rings is 1. The van der Waals surface area contributed by atoms with Crippen LogP contribution in [0.2, 0.25) is 5.02 Å². The number of para-hydroxylation sites is 1. The number of carbonyl (C=O) groups is 2. The Morgan fingerprint density at radius 1 is 0.952 bits per heavy atom. The van der Waals surface area contributed by atoms with E-state index in [1.54, 1.807) is 47.3 Å². The van der Waals surface area contributed by atoms with Crippen molar-refractivity contribution in [2.75, 3.05) is 30.3 Å². The number of aromatic nitrogens is 3. The summed E-state index contributed by atoms with van der Waals surface area (Å²) < 4.78 is 1.61. The van der Waals surface area contributed by atoms with E-state index in [9.17, 15) is 24.6 Å². The summed E-state index contributed by atoms with van der Waals surface area (Å²) in [6.45, 7) is 2.78. The SMILES string of the molecule is O=C(Nc1c(O)cccc1C(=O)Nc1ccc(Cl)cn1)c1ccc(-c2nccn(CCN3CCC(O)CC3)c2=O)cc1. The number of pyridine rings is 1. The van der Waals surface area contributed by atoms with E-state index in [2.05, 4.69) is 25.5 Å². The second-order valence-electron chi connectivity index (χ2n) is 9.89. The van der Waals surface area contributed by atoms with Gasteiger partial charge in [0.1, 0.15) is 17.3 Å². The zero-order valence-corrected chi connectivity index (χ0v) is 23.3. The van der Waals surface area contributed by atoms with E-state index in [0.717, 1.165) is 25.9 Å². The van der Waals surface area contributed by atoms with E-state index < -0.39 is 11.8 Å². The second kappa shape index (κ2) is 12.9. The highest BCUT2D eigenvalue weighted by atomic mass is 35.5. The zero-order valence-electron chi connectivity index (χ0n) is 22.5. The molecule has 42 heavy (non-hydrogen) atoms. The summed E-state index contributed by atoms with van der Waals surface area (Å²) in [5, 5.41) is 25.8. The third-order valence-corrected chi connectivity index (χ3v) is 7.27. The number of rotatable bonds is 8. The predicted molar refractivity (Wildman–Crippen MR) is 159 cm³/mol. The molecule has 0 spiro atoms. The highest BCUT2D eigenvalue weighted by Crippen LogP contribution is 2.29. The van der Waals surface area contributed by atoms with Crippen LogP contribution in [0.1, 0.15) is 33.6 Å². The van der Waals surface area contributed by atoms with Gasteiger partial charge in [0.05, 0.1) is 22.4 Å². The summed E-state index contributed by atoms with van der Waals surface area (Å²) >= 11 is 5.85. The number of amides is 2. The third-order valence-electron chi connectivity index (χ3n) is 7.04. The molecule has 216 valence electrons. The quantitative estimate of drug-likeness (QED) is 0.228. The van der Waals surface area contributed by atoms with Gasteiger partial charge in [0.25, 0.3) is 17.4 Å². The molecule has 2 aromatic carbocycles. The number of phenols is 1. The van der Waals surface area contributed by atoms with E-state index in [0.29, 0.717) is 23.7 Å². The van der Waals surface area contributed by atoms with Crippen LogP contribution in [0.25, 0.3) is 11.3 Å². The smallest absolute Gasteiger partial charge is 0.277 e. The molecule has 1 saturated heterocycles. The molecule has 2 aromatic heterocycles. The van der Waals surface area contributed by atoms with Crippen LogP contribution in [-0.2, 0) is 6.54 Å². The number of aromatic hydroxyl groups is 1. The number of aliphatic hydroxyl groups is 1. The Hall–Kier alpha value is -4.58. The molecule has 1 aliphatic heterocycles. The minimum absolute atomic E-state index is 0.0338. The largest absolute Gasteiger partial charge is 0.506 e. The van der Waals surface area contributed by atoms with Gasteiger partial charge in [-0.2, -0.15) is 0 Å². The molecular weight excluding hydrogens is 560 g/mol. The molecule has 2 amide bonds. The van der Waals surface area contributed by atoms with Crippen molar-refractivity contribution in [3.63, 3.8) is 0 Å². The van der Waals surface area contributed by atoms with E-state index in [4.69, 9.17) is 11.6 Å². The first-order valence-electron chi connectivity index (χ1n) is 13.4. The first-order valence-corrected chi connectivity index (χ1v) is 13.8. The maximum absolute atomic E-state index is 13.1. The molecule has 0 bridgehead atoms. The molecule has 4 aromatic rings. The van der Waals surface area contributed by atoms with E-state index in [-0.39, 0.29) is 45.7 Å². The summed E-state index contributed by atoms with van der Waals surface area (Å²) in [6, 6.07) is 13.7. The molecule has 1 aliphatic rings. The van der Waals surface area contributed by atoms with E-state index in [1.807, 2.05) is 0 Å². The topological polar surface area (TPSA) is 150 Å². The summed E-state index contributed by atoms with van der Waals surface area (Å²) in [5.41, 5.74) is 0.780. The minimum atomic E-state index is -0.587. The number of aliphatic hydroxyl groups excluding tert-OH is 1. The van der Waals surface area contributed by atoms with E-state index >= 15 is 0 Å². The highest BCUT2D eigenvalue weighted by molar-refractivity contribution is 6.30. The van der Waals surface area contributed by atoms with Crippen molar-refractivity contribution in [1.82, 2.24) is 19.4 Å². The molecule has 0 atom stereocenters. The lowest BCUT2D eigenvalue weighted by Gasteiger charge is -2.29. The maximum atomic E-state index is 13.1. The Labute approximate surface area is 246 Å². The Morgan fingerprint density at radius 2 is 1.71 bits per heavy atom. The van der Waals surface area contributed by atoms with Crippen molar-refractivity contribution in [2.45, 2.75) is 25.5 Å². The minimum Gasteiger partial charge on any atom is -0.506 e. The number of carbonyl (C=O) groups excluding carboxylic acids is 2. The standard InChI is InChI=1S/C30H29ClN6O5/c31-21-8-9-25(33-18-21)34-29(41)23-2-1-3-24(39)27(23)35-28(40)20-6-4-19(5-7-20)26-30(42)37(15-12-32-26)17-16-36-13-10-22(38)11-14-36/h1-9,12,15,18,22,38-39H,10-11,13-14,16-17H2,(H,35,40)(H,33,34,41). The van der Waals surface area contributed by atoms with Crippen LogP contribution in [0.5, 0.6) is 5.75 Å². The molecule has 0 aliphatic carbocycles. The lowest BCUT2D eigenvalue weighted by atomic mass is 10.1. The van der Waals surface area contributed by atoms with Gasteiger partial charge < -0.3 is 30.3 Å². The van der Waals surface area contributed by atoms with E-state index in [1.165, 1.54) is 30.5 Å². The molecular formula is C30H29ClN6O5. The average molecular weight is 589 g/mol. The Bertz CT molecular complexity index is 1630. The molecule has 0 radical (unpaired) electrons. The molecule has 1 fully saturated rings. The number of likely N-dealkylation sites (tertiary alicyclic amines) is 1. The first kappa shape index (κ1) is 28.9. The molecule has 12 heteroatoms. The molecule has 0 unspecified atom stereocenters. The molecule has 0 saturated carbocycles. The molecule has 5 rings (SSSR count). The number of phenolic OH excluding ortho intramolecular Hbond substituents is 1. The zero-order chi connectivity index (χ0) is 29.6. The number of hydrogen-bond acceptors (Lipinski definition) is 8. The summed E-state index contributed by atoms with van der Waals surface area (Å²) in [5.74, 6) is -1.19. The van der Waals surface area contributed by atoms with Crippen molar-refractivity contribution in [3.8, 4) is 17.0 Å². The van der Waals surface area contributed by atoms with Gasteiger partial charge in [-0.05, 0) is 49.2 Å². The highest BCUT2D eigenvalue weighted by Gasteiger charge is 2.20. The van der Waals surface area contributed by atoms with Gasteiger partial charge in [0.15, 0.2) is 0 Å². The van der Waals surface area contributed by atoms with Crippen LogP contribution >= 0.6 is 11.6 Å². The van der Waals surface area contributed by atoms with Crippen LogP contribution in [0.4, 0.5) is 11.5 Å². The van der Waals surface area contributed by atoms with Crippen LogP contribution in [0.15, 0.2) is 78.0 Å². The van der Waals surface area contributed by atoms with Crippen molar-refractivity contribution in [3.05, 3.63) is 99.7 Å². The normalized spacial score (nSPS) is 14.0. The number of nitrogens with zero attached hydrogens (tertiary/aromatic N) is 4. The van der Waals surface area contributed by atoms with Crippen molar-refractivity contribution in [1.29, 1.82) is 0 Å². The van der Waals surface area contributed by atoms with Crippen molar-refractivity contribution >= 4 is 34.9 Å². The molecule has 4 N–H and O–H groups in total. The van der Waals surface area contributed by atoms with Gasteiger partial charge in [-0.3, -0.25) is 14.4 Å². The average Bonchev–Trinajstić information content (AvgIpc) is 2.99. The summed E-state index contributed by atoms with van der Waals surface area (Å²) in [7, 11) is 0. The van der Waals surface area contributed by atoms with Gasteiger partial charge >= 0.3 is 0 Å². The summed E-state index contributed by atoms with van der Waals surface area (Å²) in [6.07, 6.45) is 5.82. The lowest BCUT2D eigenvalue weighted by Crippen LogP contribution is -2.38. The fourth-order valence-electron chi connectivity index (χ4n) is 4.67. The lowest BCUT2D eigenvalue weighted by molar-refractivity contribution is 0.0808. The van der Waals surface area contributed by atoms with Crippen molar-refractivity contribution in [2.24, 2.45) is 0 Å². The van der Waals surface area contributed by atoms with Crippen LogP contribution in [-0.4, -0.2) is 67.2 Å². The van der Waals surface area contributed by atoms with Gasteiger partial charge in [-0.25, -0.2) is 9.97 Å². The van der Waals surface area contributed by atoms with Crippen LogP contribution < -0.4 is 16.2 Å². The Kier molecular flexibility index (Phi) is 8.91. The number of benzene rings is 2. The van der Waals surface area contributed by atoms with Crippen LogP contribution in [0.3, 0.4) is 0 Å². The fraction of sp³-hybridized carbons (Fsp3) is 0.233. The van der Waals surface area contributed by atoms with Crippen molar-refractivity contribution < 1.29 is 19.8 Å². The molecule has 11 nitrogen and oxygen atoms in total. The monoisotopic (exact) mass is 588 g/mol. The number of hydrogen-bond donors (Lipinski definition) is 4. The number of halogens is 1.